The molecular weight excluding hydrogens is 316 g/mol. The Kier molecular flexibility index (Phi) is 5.12. The van der Waals surface area contributed by atoms with Crippen molar-refractivity contribution >= 4 is 16.0 Å². The van der Waals surface area contributed by atoms with Crippen LogP contribution >= 0.6 is 0 Å². The van der Waals surface area contributed by atoms with E-state index in [1.807, 2.05) is 0 Å². The molecule has 2 atom stereocenters. The minimum Gasteiger partial charge on any atom is -0.481 e. The first-order valence-corrected chi connectivity index (χ1v) is 8.50. The van der Waals surface area contributed by atoms with Crippen LogP contribution in [0.4, 0.5) is 8.78 Å². The summed E-state index contributed by atoms with van der Waals surface area (Å²) in [7, 11) is -4.32. The number of carbonyl (C=O) groups is 1. The molecule has 2 rings (SSSR count). The predicted octanol–water partition coefficient (Wildman–Crippen LogP) is 2.28. The van der Waals surface area contributed by atoms with Gasteiger partial charge in [-0.2, -0.15) is 0 Å². The molecule has 122 valence electrons. The standard InChI is InChI=1S/C14H17F2NO4S/c15-10-6-4-8-12(13(10)16)22(20,21)17-11-7-3-1-2-5-9(11)14(18)19/h4,6,8-9,11,17H,1-3,5,7H2,(H,18,19)/t9-,11+/m1/s1. The quantitative estimate of drug-likeness (QED) is 0.828. The van der Waals surface area contributed by atoms with Crippen LogP contribution in [0.5, 0.6) is 0 Å². The van der Waals surface area contributed by atoms with Crippen molar-refractivity contribution in [3.8, 4) is 0 Å². The van der Waals surface area contributed by atoms with Gasteiger partial charge in [-0.25, -0.2) is 21.9 Å². The van der Waals surface area contributed by atoms with Crippen LogP contribution in [0.2, 0.25) is 0 Å². The smallest absolute Gasteiger partial charge is 0.308 e. The van der Waals surface area contributed by atoms with E-state index in [9.17, 15) is 27.1 Å². The molecule has 22 heavy (non-hydrogen) atoms. The van der Waals surface area contributed by atoms with E-state index in [4.69, 9.17) is 0 Å². The summed E-state index contributed by atoms with van der Waals surface area (Å²) in [5.41, 5.74) is 0. The van der Waals surface area contributed by atoms with E-state index in [1.165, 1.54) is 0 Å². The highest BCUT2D eigenvalue weighted by Crippen LogP contribution is 2.26. The van der Waals surface area contributed by atoms with Crippen LogP contribution in [0, 0.1) is 17.6 Å². The van der Waals surface area contributed by atoms with Crippen molar-refractivity contribution in [3.63, 3.8) is 0 Å². The summed E-state index contributed by atoms with van der Waals surface area (Å²) in [6.07, 6.45) is 2.91. The number of hydrogen-bond acceptors (Lipinski definition) is 3. The van der Waals surface area contributed by atoms with Gasteiger partial charge in [-0.3, -0.25) is 4.79 Å². The highest BCUT2D eigenvalue weighted by atomic mass is 32.2. The number of halogens is 2. The molecule has 2 N–H and O–H groups in total. The van der Waals surface area contributed by atoms with Crippen molar-refractivity contribution in [1.82, 2.24) is 4.72 Å². The molecule has 1 saturated carbocycles. The van der Waals surface area contributed by atoms with Gasteiger partial charge in [0, 0.05) is 6.04 Å². The Morgan fingerprint density at radius 2 is 1.86 bits per heavy atom. The zero-order chi connectivity index (χ0) is 16.3. The molecule has 1 fully saturated rings. The molecule has 0 radical (unpaired) electrons. The molecule has 1 aliphatic carbocycles. The lowest BCUT2D eigenvalue weighted by atomic mass is 9.96. The Bertz CT molecular complexity index is 663. The number of carboxylic acid groups (broad SMARTS) is 1. The first kappa shape index (κ1) is 16.8. The summed E-state index contributed by atoms with van der Waals surface area (Å²) in [6.45, 7) is 0. The molecule has 5 nitrogen and oxygen atoms in total. The van der Waals surface area contributed by atoms with E-state index in [0.29, 0.717) is 25.7 Å². The third kappa shape index (κ3) is 3.61. The molecule has 0 spiro atoms. The molecular formula is C14H17F2NO4S. The van der Waals surface area contributed by atoms with Crippen LogP contribution in [-0.2, 0) is 14.8 Å². The largest absolute Gasteiger partial charge is 0.481 e. The fraction of sp³-hybridized carbons (Fsp3) is 0.500. The third-order valence-corrected chi connectivity index (χ3v) is 5.35. The minimum atomic E-state index is -4.32. The lowest BCUT2D eigenvalue weighted by molar-refractivity contribution is -0.142. The minimum absolute atomic E-state index is 0.354. The first-order chi connectivity index (χ1) is 10.3. The molecule has 1 aromatic carbocycles. The Labute approximate surface area is 127 Å². The van der Waals surface area contributed by atoms with Gasteiger partial charge in [-0.15, -0.1) is 0 Å². The Balaban J connectivity index is 2.29. The van der Waals surface area contributed by atoms with Crippen LogP contribution < -0.4 is 4.72 Å². The van der Waals surface area contributed by atoms with Crippen molar-refractivity contribution in [2.45, 2.75) is 43.0 Å². The highest BCUT2D eigenvalue weighted by Gasteiger charge is 2.34. The number of rotatable bonds is 4. The van der Waals surface area contributed by atoms with E-state index < -0.39 is 44.5 Å². The molecule has 0 unspecified atom stereocenters. The fourth-order valence-electron chi connectivity index (χ4n) is 2.70. The second kappa shape index (κ2) is 6.70. The first-order valence-electron chi connectivity index (χ1n) is 7.02. The van der Waals surface area contributed by atoms with Crippen molar-refractivity contribution < 1.29 is 27.1 Å². The average Bonchev–Trinajstić information content (AvgIpc) is 2.66. The highest BCUT2D eigenvalue weighted by molar-refractivity contribution is 7.89. The van der Waals surface area contributed by atoms with Crippen LogP contribution in [0.1, 0.15) is 32.1 Å². The predicted molar refractivity (Wildman–Crippen MR) is 74.7 cm³/mol. The Morgan fingerprint density at radius 3 is 2.55 bits per heavy atom. The third-order valence-electron chi connectivity index (χ3n) is 3.85. The summed E-state index contributed by atoms with van der Waals surface area (Å²) in [4.78, 5) is 10.5. The summed E-state index contributed by atoms with van der Waals surface area (Å²) in [5, 5.41) is 9.23. The van der Waals surface area contributed by atoms with Gasteiger partial charge in [0.15, 0.2) is 11.6 Å². The van der Waals surface area contributed by atoms with E-state index in [-0.39, 0.29) is 0 Å². The normalized spacial score (nSPS) is 23.0. The van der Waals surface area contributed by atoms with Crippen molar-refractivity contribution in [3.05, 3.63) is 29.8 Å². The molecule has 8 heteroatoms. The van der Waals surface area contributed by atoms with Gasteiger partial charge in [-0.1, -0.05) is 25.3 Å². The number of carboxylic acids is 1. The number of aliphatic carboxylic acids is 1. The zero-order valence-corrected chi connectivity index (χ0v) is 12.6. The maximum Gasteiger partial charge on any atom is 0.308 e. The summed E-state index contributed by atoms with van der Waals surface area (Å²) in [5.74, 6) is -4.68. The topological polar surface area (TPSA) is 83.5 Å². The van der Waals surface area contributed by atoms with Crippen molar-refractivity contribution in [2.24, 2.45) is 5.92 Å². The average molecular weight is 333 g/mol. The monoisotopic (exact) mass is 333 g/mol. The van der Waals surface area contributed by atoms with Crippen molar-refractivity contribution in [2.75, 3.05) is 0 Å². The molecule has 0 heterocycles. The molecule has 0 aromatic heterocycles. The van der Waals surface area contributed by atoms with Gasteiger partial charge in [0.25, 0.3) is 0 Å². The summed E-state index contributed by atoms with van der Waals surface area (Å²) >= 11 is 0. The SMILES string of the molecule is O=C(O)[C@@H]1CCCCC[C@@H]1NS(=O)(=O)c1cccc(F)c1F. The zero-order valence-electron chi connectivity index (χ0n) is 11.8. The van der Waals surface area contributed by atoms with E-state index in [2.05, 4.69) is 4.72 Å². The van der Waals surface area contributed by atoms with E-state index >= 15 is 0 Å². The fourth-order valence-corrected chi connectivity index (χ4v) is 4.10. The van der Waals surface area contributed by atoms with E-state index in [1.54, 1.807) is 0 Å². The number of hydrogen-bond donors (Lipinski definition) is 2. The van der Waals surface area contributed by atoms with Gasteiger partial charge in [0.05, 0.1) is 5.92 Å². The van der Waals surface area contributed by atoms with Crippen LogP contribution in [-0.4, -0.2) is 25.5 Å². The van der Waals surface area contributed by atoms with Crippen LogP contribution in [0.15, 0.2) is 23.1 Å². The molecule has 0 saturated heterocycles. The maximum atomic E-state index is 13.7. The maximum absolute atomic E-state index is 13.7. The Hall–Kier alpha value is -1.54. The number of sulfonamides is 1. The van der Waals surface area contributed by atoms with Crippen LogP contribution in [0.3, 0.4) is 0 Å². The lowest BCUT2D eigenvalue weighted by Gasteiger charge is -2.22. The molecule has 0 aliphatic heterocycles. The van der Waals surface area contributed by atoms with Gasteiger partial charge in [-0.05, 0) is 25.0 Å². The summed E-state index contributed by atoms with van der Waals surface area (Å²) in [6, 6.07) is 2.04. The molecule has 0 bridgehead atoms. The molecule has 1 aliphatic rings. The van der Waals surface area contributed by atoms with Gasteiger partial charge < -0.3 is 5.11 Å². The van der Waals surface area contributed by atoms with Crippen LogP contribution in [0.25, 0.3) is 0 Å². The van der Waals surface area contributed by atoms with Gasteiger partial charge in [0.2, 0.25) is 10.0 Å². The summed E-state index contributed by atoms with van der Waals surface area (Å²) < 4.78 is 53.6. The second-order valence-corrected chi connectivity index (χ2v) is 7.04. The van der Waals surface area contributed by atoms with E-state index in [0.717, 1.165) is 24.6 Å². The molecule has 0 amide bonds. The molecule has 1 aromatic rings. The number of nitrogens with one attached hydrogen (secondary N) is 1. The Morgan fingerprint density at radius 1 is 1.18 bits per heavy atom. The lowest BCUT2D eigenvalue weighted by Crippen LogP contribution is -2.43. The van der Waals surface area contributed by atoms with Gasteiger partial charge in [0.1, 0.15) is 4.90 Å². The second-order valence-electron chi connectivity index (χ2n) is 5.36. The van der Waals surface area contributed by atoms with Crippen molar-refractivity contribution in [1.29, 1.82) is 0 Å². The van der Waals surface area contributed by atoms with Gasteiger partial charge >= 0.3 is 5.97 Å². The number of benzene rings is 1.